The van der Waals surface area contributed by atoms with E-state index in [4.69, 9.17) is 0 Å². The normalized spacial score (nSPS) is 11.3. The van der Waals surface area contributed by atoms with Gasteiger partial charge in [-0.05, 0) is 208 Å². The van der Waals surface area contributed by atoms with Crippen LogP contribution in [0.3, 0.4) is 0 Å². The van der Waals surface area contributed by atoms with E-state index in [0.29, 0.717) is 0 Å². The van der Waals surface area contributed by atoms with Crippen LogP contribution in [0.1, 0.15) is 0 Å². The Morgan fingerprint density at radius 2 is 0.470 bits per heavy atom. The zero-order valence-electron chi connectivity index (χ0n) is 64.1. The number of hydrogen-bond acceptors (Lipinski definition) is 2. The highest BCUT2D eigenvalue weighted by Gasteiger charge is 2.21. The van der Waals surface area contributed by atoms with Gasteiger partial charge in [0, 0.05) is 71.3 Å². The van der Waals surface area contributed by atoms with Gasteiger partial charge in [0.05, 0.1) is 27.8 Å². The van der Waals surface area contributed by atoms with Gasteiger partial charge < -0.3 is 19.4 Å². The first-order chi connectivity index (χ1) is 58.0. The Bertz CT molecular complexity index is 7260. The zero-order chi connectivity index (χ0) is 78.0. The number of halogens is 1. The molecule has 2 heterocycles. The first-order valence-electron chi connectivity index (χ1n) is 39.9. The highest BCUT2D eigenvalue weighted by molar-refractivity contribution is 9.10. The molecule has 22 rings (SSSR count). The summed E-state index contributed by atoms with van der Waals surface area (Å²) in [5, 5.41) is 18.8. The van der Waals surface area contributed by atoms with E-state index in [0.717, 1.165) is 38.6 Å². The van der Waals surface area contributed by atoms with Crippen molar-refractivity contribution in [1.29, 1.82) is 0 Å². The smallest absolute Gasteiger partial charge is 0.0541 e. The fourth-order valence-corrected chi connectivity index (χ4v) is 17.4. The minimum atomic E-state index is 1.07. The molecule has 552 valence electrons. The topological polar surface area (TPSA) is 25.1 Å². The van der Waals surface area contributed by atoms with Gasteiger partial charge in [0.25, 0.3) is 0 Å². The molecule has 22 aromatic rings. The molecular formula is C112H77BrN4. The van der Waals surface area contributed by atoms with E-state index in [-0.39, 0.29) is 0 Å². The van der Waals surface area contributed by atoms with Gasteiger partial charge in [-0.15, -0.1) is 0 Å². The Balaban J connectivity index is 0.000000127. The van der Waals surface area contributed by atoms with Crippen molar-refractivity contribution in [3.05, 3.63) is 466 Å². The van der Waals surface area contributed by atoms with E-state index in [2.05, 4.69) is 496 Å². The number of fused-ring (bicyclic) bond motifs is 10. The molecule has 0 spiro atoms. The summed E-state index contributed by atoms with van der Waals surface area (Å²) in [4.78, 5) is 2.40. The Hall–Kier alpha value is -14.9. The Labute approximate surface area is 689 Å². The maximum Gasteiger partial charge on any atom is 0.0541 e. The fraction of sp³-hybridized carbons (Fsp3) is 0. The summed E-state index contributed by atoms with van der Waals surface area (Å²) in [6.45, 7) is 0. The predicted octanol–water partition coefficient (Wildman–Crippen LogP) is 31.8. The number of para-hydroxylation sites is 6. The van der Waals surface area contributed by atoms with Crippen LogP contribution in [0.4, 0.5) is 28.4 Å². The molecule has 0 aliphatic rings. The van der Waals surface area contributed by atoms with Gasteiger partial charge >= 0.3 is 0 Å². The van der Waals surface area contributed by atoms with Crippen LogP contribution in [0.15, 0.2) is 466 Å². The second kappa shape index (κ2) is 31.6. The predicted molar refractivity (Wildman–Crippen MR) is 503 cm³/mol. The van der Waals surface area contributed by atoms with Crippen molar-refractivity contribution in [1.82, 2.24) is 9.13 Å². The molecule has 1 N–H and O–H groups in total. The number of nitrogens with one attached hydrogen (secondary N) is 1. The van der Waals surface area contributed by atoms with Crippen molar-refractivity contribution in [3.63, 3.8) is 0 Å². The maximum atomic E-state index is 3.66. The molecule has 0 saturated carbocycles. The molecule has 0 amide bonds. The molecule has 117 heavy (non-hydrogen) atoms. The number of rotatable bonds is 13. The first-order valence-corrected chi connectivity index (χ1v) is 40.7. The van der Waals surface area contributed by atoms with E-state index in [1.54, 1.807) is 0 Å². The molecule has 0 fully saturated rings. The van der Waals surface area contributed by atoms with E-state index in [1.165, 1.54) is 159 Å². The zero-order valence-corrected chi connectivity index (χ0v) is 65.7. The lowest BCUT2D eigenvalue weighted by atomic mass is 9.95. The molecule has 5 heteroatoms. The molecule has 0 saturated heterocycles. The van der Waals surface area contributed by atoms with Gasteiger partial charge in [0.15, 0.2) is 0 Å². The number of benzene rings is 20. The average molecular weight is 1560 g/mol. The van der Waals surface area contributed by atoms with Crippen LogP contribution in [0.25, 0.3) is 165 Å². The maximum absolute atomic E-state index is 3.66. The lowest BCUT2D eigenvalue weighted by Crippen LogP contribution is -2.11. The first kappa shape index (κ1) is 71.2. The third-order valence-corrected chi connectivity index (χ3v) is 23.3. The van der Waals surface area contributed by atoms with E-state index in [1.807, 2.05) is 0 Å². The van der Waals surface area contributed by atoms with Crippen LogP contribution in [0.2, 0.25) is 0 Å². The summed E-state index contributed by atoms with van der Waals surface area (Å²) in [7, 11) is 0. The highest BCUT2D eigenvalue weighted by atomic mass is 79.9. The molecule has 0 aliphatic heterocycles. The van der Waals surface area contributed by atoms with Crippen LogP contribution < -0.4 is 10.2 Å². The SMILES string of the molecule is Brc1ccc(-n2c3ccccc3c3ccccc32)cc1.c1ccc(-c2cccc3ccccc23)c(Nc2ccc(-c3ccc(-c4cccc5ccccc45)cc3)cc2)c1.c1ccc(N(c2ccc(-c3ccc(-c4cccc5ccccc45)cc3)cc2)c2ccc(-n3c4ccccc4c4ccccc43)cc2)c(-c2cccc3ccccc23)c1. The third-order valence-electron chi connectivity index (χ3n) is 22.8. The summed E-state index contributed by atoms with van der Waals surface area (Å²) >= 11 is 3.50. The molecule has 20 aromatic carbocycles. The fourth-order valence-electron chi connectivity index (χ4n) is 17.2. The number of nitrogens with zero attached hydrogens (tertiary/aromatic N) is 3. The van der Waals surface area contributed by atoms with Gasteiger partial charge in [-0.3, -0.25) is 0 Å². The van der Waals surface area contributed by atoms with Crippen molar-refractivity contribution < 1.29 is 0 Å². The van der Waals surface area contributed by atoms with Crippen molar-refractivity contribution in [2.24, 2.45) is 0 Å². The molecular weight excluding hydrogens is 1480 g/mol. The highest BCUT2D eigenvalue weighted by Crippen LogP contribution is 2.46. The summed E-state index contributed by atoms with van der Waals surface area (Å²) in [5.74, 6) is 0. The van der Waals surface area contributed by atoms with Crippen molar-refractivity contribution >= 4 is 131 Å². The van der Waals surface area contributed by atoms with Crippen LogP contribution in [-0.2, 0) is 0 Å². The number of aromatic nitrogens is 2. The Morgan fingerprint density at radius 3 is 0.889 bits per heavy atom. The van der Waals surface area contributed by atoms with Gasteiger partial charge in [-0.1, -0.05) is 368 Å². The van der Waals surface area contributed by atoms with Crippen LogP contribution >= 0.6 is 15.9 Å². The van der Waals surface area contributed by atoms with Gasteiger partial charge in [0.1, 0.15) is 0 Å². The average Bonchev–Trinajstić information content (AvgIpc) is 1.54. The summed E-state index contributed by atoms with van der Waals surface area (Å²) < 4.78 is 5.79. The van der Waals surface area contributed by atoms with Gasteiger partial charge in [-0.2, -0.15) is 0 Å². The standard InChI is InChI=1S/C56H38N2.C38H27N.C18H12BrN/c1-3-17-47-41(13-1)15-11-22-48(47)43-29-27-39(28-30-43)40-31-33-44(34-32-40)57(54-24-8-5-19-51(54)50-23-12-16-42-14-2-4-18-49(42)50)45-35-37-46(38-36-45)58-55-25-9-6-20-52(55)53-21-7-10-26-56(53)58;1-3-13-33-29(9-1)11-7-16-34(33)31-21-19-27(20-22-31)28-23-25-32(26-24-28)39-38-18-6-5-15-37(38)36-17-8-12-30-10-2-4-14-35(30)36;19-13-9-11-14(12-10-13)20-17-7-3-1-5-15(17)16-6-2-4-8-18(16)20/h1-38H;1-26,39H;1-12H. The second-order valence-electron chi connectivity index (χ2n) is 29.6. The Kier molecular flexibility index (Phi) is 19.2. The molecule has 0 radical (unpaired) electrons. The summed E-state index contributed by atoms with van der Waals surface area (Å²) in [6.07, 6.45) is 0. The lowest BCUT2D eigenvalue weighted by molar-refractivity contribution is 1.17. The third kappa shape index (κ3) is 13.9. The van der Waals surface area contributed by atoms with Crippen LogP contribution in [-0.4, -0.2) is 9.13 Å². The summed E-state index contributed by atoms with van der Waals surface area (Å²) in [6, 6.07) is 165. The van der Waals surface area contributed by atoms with Crippen molar-refractivity contribution in [3.8, 4) is 78.1 Å². The molecule has 2 aromatic heterocycles. The van der Waals surface area contributed by atoms with E-state index in [9.17, 15) is 0 Å². The number of hydrogen-bond donors (Lipinski definition) is 1. The van der Waals surface area contributed by atoms with E-state index >= 15 is 0 Å². The van der Waals surface area contributed by atoms with Gasteiger partial charge in [0.2, 0.25) is 0 Å². The lowest BCUT2D eigenvalue weighted by Gasteiger charge is -2.28. The molecule has 0 bridgehead atoms. The minimum Gasteiger partial charge on any atom is -0.355 e. The molecule has 4 nitrogen and oxygen atoms in total. The molecule has 0 atom stereocenters. The largest absolute Gasteiger partial charge is 0.355 e. The van der Waals surface area contributed by atoms with Crippen LogP contribution in [0.5, 0.6) is 0 Å². The molecule has 0 unspecified atom stereocenters. The monoisotopic (exact) mass is 1560 g/mol. The second-order valence-corrected chi connectivity index (χ2v) is 30.6. The van der Waals surface area contributed by atoms with Gasteiger partial charge in [-0.25, -0.2) is 0 Å². The van der Waals surface area contributed by atoms with E-state index < -0.39 is 0 Å². The van der Waals surface area contributed by atoms with Crippen molar-refractivity contribution in [2.45, 2.75) is 0 Å². The summed E-state index contributed by atoms with van der Waals surface area (Å²) in [5.41, 5.74) is 27.3. The molecule has 0 aliphatic carbocycles. The Morgan fingerprint density at radius 1 is 0.197 bits per heavy atom. The number of anilines is 5. The minimum absolute atomic E-state index is 1.07. The van der Waals surface area contributed by atoms with Crippen molar-refractivity contribution in [2.75, 3.05) is 10.2 Å². The quantitative estimate of drug-likeness (QED) is 0.124. The van der Waals surface area contributed by atoms with Crippen LogP contribution in [0, 0.1) is 0 Å².